The van der Waals surface area contributed by atoms with Crippen LogP contribution in [-0.2, 0) is 4.74 Å². The van der Waals surface area contributed by atoms with Gasteiger partial charge in [0.05, 0.1) is 11.4 Å². The molecule has 0 radical (unpaired) electrons. The van der Waals surface area contributed by atoms with E-state index in [1.165, 1.54) is 11.1 Å². The van der Waals surface area contributed by atoms with Crippen LogP contribution in [-0.4, -0.2) is 27.8 Å². The van der Waals surface area contributed by atoms with Gasteiger partial charge in [0.25, 0.3) is 5.89 Å². The zero-order valence-electron chi connectivity index (χ0n) is 15.0. The number of anilines is 1. The summed E-state index contributed by atoms with van der Waals surface area (Å²) in [6.07, 6.45) is 4.40. The molecular formula is C19H19FN6O2. The third kappa shape index (κ3) is 3.45. The molecule has 1 unspecified atom stereocenters. The van der Waals surface area contributed by atoms with Crippen molar-refractivity contribution >= 4 is 11.4 Å². The van der Waals surface area contributed by atoms with Crippen LogP contribution in [0.5, 0.6) is 0 Å². The third-order valence-electron chi connectivity index (χ3n) is 4.46. The predicted molar refractivity (Wildman–Crippen MR) is 101 cm³/mol. The van der Waals surface area contributed by atoms with E-state index < -0.39 is 11.9 Å². The number of hydrogen-bond acceptors (Lipinski definition) is 8. The summed E-state index contributed by atoms with van der Waals surface area (Å²) in [5, 5.41) is 5.14. The van der Waals surface area contributed by atoms with E-state index in [0.29, 0.717) is 30.1 Å². The molecule has 0 aliphatic carbocycles. The van der Waals surface area contributed by atoms with Gasteiger partial charge in [0.15, 0.2) is 0 Å². The van der Waals surface area contributed by atoms with Gasteiger partial charge in [-0.3, -0.25) is 9.99 Å². The Morgan fingerprint density at radius 2 is 2.07 bits per heavy atom. The molecule has 9 heteroatoms. The summed E-state index contributed by atoms with van der Waals surface area (Å²) >= 11 is 0. The van der Waals surface area contributed by atoms with Crippen molar-refractivity contribution in [1.82, 2.24) is 15.1 Å². The number of nitrogens with two attached hydrogens (primary N) is 2. The summed E-state index contributed by atoms with van der Waals surface area (Å²) in [5.41, 5.74) is 7.71. The van der Waals surface area contributed by atoms with Gasteiger partial charge < -0.3 is 15.0 Å². The molecule has 0 spiro atoms. The van der Waals surface area contributed by atoms with Crippen LogP contribution in [0, 0.1) is 5.82 Å². The van der Waals surface area contributed by atoms with E-state index in [-0.39, 0.29) is 17.3 Å². The molecule has 0 amide bonds. The van der Waals surface area contributed by atoms with Gasteiger partial charge in [0, 0.05) is 24.6 Å². The lowest BCUT2D eigenvalue weighted by Crippen LogP contribution is -2.38. The molecule has 3 heterocycles. The number of nitrogens with zero attached hydrogens (tertiary/aromatic N) is 4. The van der Waals surface area contributed by atoms with Crippen LogP contribution >= 0.6 is 0 Å². The topological polar surface area (TPSA) is 116 Å². The average Bonchev–Trinajstić information content (AvgIpc) is 3.41. The quantitative estimate of drug-likeness (QED) is 0.511. The van der Waals surface area contributed by atoms with Crippen molar-refractivity contribution in [1.29, 1.82) is 0 Å². The van der Waals surface area contributed by atoms with Crippen molar-refractivity contribution in [2.45, 2.75) is 18.9 Å². The van der Waals surface area contributed by atoms with E-state index in [9.17, 15) is 4.39 Å². The Morgan fingerprint density at radius 3 is 2.79 bits per heavy atom. The van der Waals surface area contributed by atoms with Crippen molar-refractivity contribution in [2.24, 2.45) is 11.6 Å². The number of aromatic nitrogens is 3. The normalized spacial score (nSPS) is 17.4. The Labute approximate surface area is 160 Å². The van der Waals surface area contributed by atoms with Crippen LogP contribution in [0.4, 0.5) is 10.1 Å². The second-order valence-electron chi connectivity index (χ2n) is 6.29. The Hall–Kier alpha value is -3.30. The standard InChI is InChI=1S/C19H19FN6O2/c20-13-6-1-2-7-14(13)26(22)17(15-8-4-10-27-15)16(21)19-24-18(25-28-19)12-5-3-9-23-11-12/h1-3,5-7,9,11,15H,4,8,10,21-22H2/b17-16-. The first-order valence-electron chi connectivity index (χ1n) is 8.80. The van der Waals surface area contributed by atoms with Gasteiger partial charge in [0.2, 0.25) is 5.82 Å². The molecule has 4 N–H and O–H groups in total. The second kappa shape index (κ2) is 7.75. The molecule has 28 heavy (non-hydrogen) atoms. The summed E-state index contributed by atoms with van der Waals surface area (Å²) in [6.45, 7) is 0.567. The molecule has 4 rings (SSSR count). The highest BCUT2D eigenvalue weighted by molar-refractivity contribution is 5.68. The zero-order valence-corrected chi connectivity index (χ0v) is 15.0. The van der Waals surface area contributed by atoms with Gasteiger partial charge in [-0.25, -0.2) is 10.2 Å². The number of hydrazine groups is 1. The first-order chi connectivity index (χ1) is 13.6. The minimum atomic E-state index is -0.477. The van der Waals surface area contributed by atoms with Crippen LogP contribution in [0.15, 0.2) is 59.0 Å². The van der Waals surface area contributed by atoms with Crippen molar-refractivity contribution in [2.75, 3.05) is 11.6 Å². The van der Waals surface area contributed by atoms with Crippen LogP contribution in [0.2, 0.25) is 0 Å². The van der Waals surface area contributed by atoms with Crippen LogP contribution < -0.4 is 16.6 Å². The maximum atomic E-state index is 14.3. The van der Waals surface area contributed by atoms with E-state index in [1.54, 1.807) is 42.7 Å². The molecule has 2 aromatic heterocycles. The molecule has 8 nitrogen and oxygen atoms in total. The van der Waals surface area contributed by atoms with Gasteiger partial charge in [-0.2, -0.15) is 4.98 Å². The van der Waals surface area contributed by atoms with Crippen molar-refractivity contribution in [3.05, 3.63) is 66.2 Å². The summed E-state index contributed by atoms with van der Waals surface area (Å²) in [6, 6.07) is 9.73. The summed E-state index contributed by atoms with van der Waals surface area (Å²) < 4.78 is 25.4. The third-order valence-corrected chi connectivity index (χ3v) is 4.46. The van der Waals surface area contributed by atoms with Gasteiger partial charge >= 0.3 is 0 Å². The zero-order chi connectivity index (χ0) is 19.5. The number of pyridine rings is 1. The van der Waals surface area contributed by atoms with Crippen LogP contribution in [0.25, 0.3) is 17.1 Å². The predicted octanol–water partition coefficient (Wildman–Crippen LogP) is 2.46. The highest BCUT2D eigenvalue weighted by Gasteiger charge is 2.30. The van der Waals surface area contributed by atoms with E-state index in [4.69, 9.17) is 20.8 Å². The molecular weight excluding hydrogens is 363 g/mol. The minimum absolute atomic E-state index is 0.0798. The SMILES string of the molecule is N/C(=C(/C1CCCO1)N(N)c1ccccc1F)c1nc(-c2cccnc2)no1. The Balaban J connectivity index is 1.76. The largest absolute Gasteiger partial charge is 0.393 e. The maximum Gasteiger partial charge on any atom is 0.276 e. The lowest BCUT2D eigenvalue weighted by molar-refractivity contribution is 0.135. The van der Waals surface area contributed by atoms with Gasteiger partial charge in [-0.15, -0.1) is 0 Å². The molecule has 1 fully saturated rings. The Bertz CT molecular complexity index is 985. The molecule has 0 bridgehead atoms. The van der Waals surface area contributed by atoms with Crippen molar-refractivity contribution in [3.8, 4) is 11.4 Å². The monoisotopic (exact) mass is 382 g/mol. The van der Waals surface area contributed by atoms with E-state index in [2.05, 4.69) is 15.1 Å². The number of rotatable bonds is 5. The molecule has 1 saturated heterocycles. The van der Waals surface area contributed by atoms with Gasteiger partial charge in [0.1, 0.15) is 17.6 Å². The number of ether oxygens (including phenoxy) is 1. The molecule has 0 saturated carbocycles. The number of hydrogen-bond donors (Lipinski definition) is 2. The fourth-order valence-electron chi connectivity index (χ4n) is 3.08. The van der Waals surface area contributed by atoms with Crippen molar-refractivity contribution in [3.63, 3.8) is 0 Å². The van der Waals surface area contributed by atoms with Gasteiger partial charge in [-0.1, -0.05) is 17.3 Å². The first-order valence-corrected chi connectivity index (χ1v) is 8.80. The van der Waals surface area contributed by atoms with E-state index in [1.807, 2.05) is 0 Å². The molecule has 144 valence electrons. The fraction of sp³-hybridized carbons (Fsp3) is 0.211. The summed E-state index contributed by atoms with van der Waals surface area (Å²) in [5.74, 6) is 6.19. The molecule has 1 aliphatic heterocycles. The fourth-order valence-corrected chi connectivity index (χ4v) is 3.08. The maximum absolute atomic E-state index is 14.3. The average molecular weight is 382 g/mol. The molecule has 3 aromatic rings. The van der Waals surface area contributed by atoms with Gasteiger partial charge in [-0.05, 0) is 37.1 Å². The molecule has 1 aliphatic rings. The second-order valence-corrected chi connectivity index (χ2v) is 6.29. The van der Waals surface area contributed by atoms with Crippen LogP contribution in [0.3, 0.4) is 0 Å². The number of benzene rings is 1. The van der Waals surface area contributed by atoms with E-state index in [0.717, 1.165) is 6.42 Å². The Morgan fingerprint density at radius 1 is 1.21 bits per heavy atom. The number of para-hydroxylation sites is 1. The lowest BCUT2D eigenvalue weighted by Gasteiger charge is -2.27. The lowest BCUT2D eigenvalue weighted by atomic mass is 10.1. The smallest absolute Gasteiger partial charge is 0.276 e. The van der Waals surface area contributed by atoms with E-state index >= 15 is 0 Å². The molecule has 1 atom stereocenters. The highest BCUT2D eigenvalue weighted by atomic mass is 19.1. The minimum Gasteiger partial charge on any atom is -0.393 e. The first kappa shape index (κ1) is 18.1. The van der Waals surface area contributed by atoms with Crippen molar-refractivity contribution < 1.29 is 13.7 Å². The molecule has 1 aromatic carbocycles. The number of halogens is 1. The highest BCUT2D eigenvalue weighted by Crippen LogP contribution is 2.30. The summed E-state index contributed by atoms with van der Waals surface area (Å²) in [4.78, 5) is 8.38. The summed E-state index contributed by atoms with van der Waals surface area (Å²) in [7, 11) is 0. The van der Waals surface area contributed by atoms with Crippen LogP contribution in [0.1, 0.15) is 18.7 Å². The Kier molecular flexibility index (Phi) is 5.00.